The van der Waals surface area contributed by atoms with E-state index in [2.05, 4.69) is 27.7 Å². The number of hydrogen-bond donors (Lipinski definition) is 2. The Bertz CT molecular complexity index is 807. The molecule has 0 saturated heterocycles. The van der Waals surface area contributed by atoms with E-state index in [1.807, 2.05) is 0 Å². The number of aromatic hydroxyl groups is 1. The van der Waals surface area contributed by atoms with Crippen LogP contribution in [-0.2, 0) is 12.8 Å². The van der Waals surface area contributed by atoms with Gasteiger partial charge in [-0.15, -0.1) is 0 Å². The minimum Gasteiger partial charge on any atom is -0.502 e. The molecular formula is C35H62O6. The minimum absolute atomic E-state index is 0.0350. The highest BCUT2D eigenvalue weighted by Gasteiger charge is 2.28. The van der Waals surface area contributed by atoms with Crippen molar-refractivity contribution in [1.29, 1.82) is 0 Å². The summed E-state index contributed by atoms with van der Waals surface area (Å²) in [6.45, 7) is 9.74. The standard InChI is InChI=1S/C35H62O6/c1-5-9-13-15-17-19-21-25-29-30(26-22-20-18-16-14-10-6-2)33(39-27-23-11-7-3)34(40-28-24-12-8-4)31(36)32(29)41-35(37)38/h36H,5-28H2,1-4H3,(H,37,38). The maximum absolute atomic E-state index is 11.8. The fraction of sp³-hybridized carbons (Fsp3) is 0.800. The van der Waals surface area contributed by atoms with Crippen LogP contribution in [0.4, 0.5) is 4.79 Å². The van der Waals surface area contributed by atoms with Gasteiger partial charge in [0, 0.05) is 11.1 Å². The van der Waals surface area contributed by atoms with Gasteiger partial charge in [-0.2, -0.15) is 0 Å². The van der Waals surface area contributed by atoms with Gasteiger partial charge in [0.25, 0.3) is 0 Å². The van der Waals surface area contributed by atoms with E-state index in [0.29, 0.717) is 25.4 Å². The van der Waals surface area contributed by atoms with Crippen LogP contribution < -0.4 is 14.2 Å². The van der Waals surface area contributed by atoms with Gasteiger partial charge in [-0.1, -0.05) is 130 Å². The second-order valence-corrected chi connectivity index (χ2v) is 11.5. The smallest absolute Gasteiger partial charge is 0.502 e. The van der Waals surface area contributed by atoms with Crippen molar-refractivity contribution in [2.75, 3.05) is 13.2 Å². The molecule has 0 fully saturated rings. The highest BCUT2D eigenvalue weighted by molar-refractivity contribution is 5.71. The molecule has 0 aliphatic rings. The quantitative estimate of drug-likeness (QED) is 0.0613. The Labute approximate surface area is 251 Å². The number of carboxylic acid groups (broad SMARTS) is 1. The van der Waals surface area contributed by atoms with E-state index in [9.17, 15) is 15.0 Å². The zero-order valence-electron chi connectivity index (χ0n) is 27.0. The van der Waals surface area contributed by atoms with Crippen LogP contribution in [0.25, 0.3) is 0 Å². The Kier molecular flexibility index (Phi) is 22.0. The molecule has 0 spiro atoms. The Morgan fingerprint density at radius 2 is 0.878 bits per heavy atom. The number of carbonyl (C=O) groups is 1. The summed E-state index contributed by atoms with van der Waals surface area (Å²) in [4.78, 5) is 11.8. The molecule has 6 nitrogen and oxygen atoms in total. The summed E-state index contributed by atoms with van der Waals surface area (Å²) in [5, 5.41) is 21.0. The number of benzene rings is 1. The predicted octanol–water partition coefficient (Wildman–Crippen LogP) is 11.2. The molecule has 0 saturated carbocycles. The van der Waals surface area contributed by atoms with Crippen LogP contribution in [0.1, 0.15) is 167 Å². The molecule has 0 bridgehead atoms. The summed E-state index contributed by atoms with van der Waals surface area (Å²) in [5.41, 5.74) is 1.73. The zero-order valence-corrected chi connectivity index (χ0v) is 27.0. The highest BCUT2D eigenvalue weighted by atomic mass is 16.7. The van der Waals surface area contributed by atoms with Gasteiger partial charge in [-0.05, 0) is 38.5 Å². The monoisotopic (exact) mass is 578 g/mol. The minimum atomic E-state index is -1.42. The molecule has 6 heteroatoms. The van der Waals surface area contributed by atoms with Crippen LogP contribution in [0.5, 0.6) is 23.0 Å². The Morgan fingerprint density at radius 1 is 0.512 bits per heavy atom. The van der Waals surface area contributed by atoms with Gasteiger partial charge in [-0.3, -0.25) is 0 Å². The lowest BCUT2D eigenvalue weighted by Crippen LogP contribution is -2.12. The summed E-state index contributed by atoms with van der Waals surface area (Å²) in [6, 6.07) is 0. The molecule has 0 radical (unpaired) electrons. The molecule has 0 amide bonds. The molecule has 238 valence electrons. The van der Waals surface area contributed by atoms with E-state index in [1.165, 1.54) is 57.8 Å². The van der Waals surface area contributed by atoms with E-state index in [4.69, 9.17) is 14.2 Å². The number of rotatable bonds is 27. The van der Waals surface area contributed by atoms with Gasteiger partial charge in [0.1, 0.15) is 0 Å². The fourth-order valence-corrected chi connectivity index (χ4v) is 5.35. The fourth-order valence-electron chi connectivity index (χ4n) is 5.35. The van der Waals surface area contributed by atoms with Gasteiger partial charge >= 0.3 is 6.16 Å². The summed E-state index contributed by atoms with van der Waals surface area (Å²) < 4.78 is 17.8. The van der Waals surface area contributed by atoms with Crippen molar-refractivity contribution >= 4 is 6.16 Å². The van der Waals surface area contributed by atoms with Crippen LogP contribution in [0, 0.1) is 0 Å². The molecule has 1 rings (SSSR count). The third-order valence-corrected chi connectivity index (χ3v) is 7.79. The Balaban J connectivity index is 3.36. The maximum atomic E-state index is 11.8. The normalized spacial score (nSPS) is 11.1. The van der Waals surface area contributed by atoms with Crippen molar-refractivity contribution in [2.45, 2.75) is 169 Å². The van der Waals surface area contributed by atoms with Crippen LogP contribution in [-0.4, -0.2) is 29.6 Å². The van der Waals surface area contributed by atoms with Crippen LogP contribution in [0.3, 0.4) is 0 Å². The first kappa shape index (κ1) is 36.9. The number of hydrogen-bond acceptors (Lipinski definition) is 5. The molecule has 2 N–H and O–H groups in total. The molecule has 1 aromatic rings. The number of unbranched alkanes of at least 4 members (excludes halogenated alkanes) is 16. The lowest BCUT2D eigenvalue weighted by atomic mass is 9.93. The largest absolute Gasteiger partial charge is 0.511 e. The topological polar surface area (TPSA) is 85.2 Å². The van der Waals surface area contributed by atoms with Crippen molar-refractivity contribution in [2.24, 2.45) is 0 Å². The zero-order chi connectivity index (χ0) is 30.1. The van der Waals surface area contributed by atoms with E-state index in [-0.39, 0.29) is 17.2 Å². The molecule has 0 aliphatic heterocycles. The third-order valence-electron chi connectivity index (χ3n) is 7.79. The van der Waals surface area contributed by atoms with E-state index >= 15 is 0 Å². The molecule has 0 aliphatic carbocycles. The molecule has 0 heterocycles. The molecular weight excluding hydrogens is 516 g/mol. The highest BCUT2D eigenvalue weighted by Crippen LogP contribution is 2.50. The Hall–Kier alpha value is -2.11. The molecule has 0 atom stereocenters. The number of phenols is 1. The predicted molar refractivity (Wildman–Crippen MR) is 170 cm³/mol. The molecule has 41 heavy (non-hydrogen) atoms. The van der Waals surface area contributed by atoms with Crippen molar-refractivity contribution < 1.29 is 29.2 Å². The van der Waals surface area contributed by atoms with Gasteiger partial charge in [-0.25, -0.2) is 4.79 Å². The van der Waals surface area contributed by atoms with Crippen LogP contribution in [0.15, 0.2) is 0 Å². The molecule has 0 unspecified atom stereocenters. The summed E-state index contributed by atoms with van der Waals surface area (Å²) in [5.74, 6) is 0.635. The van der Waals surface area contributed by atoms with Crippen molar-refractivity contribution in [3.05, 3.63) is 11.1 Å². The number of phenolic OH excluding ortho intramolecular Hbond substituents is 1. The lowest BCUT2D eigenvalue weighted by Gasteiger charge is -2.23. The summed E-state index contributed by atoms with van der Waals surface area (Å²) in [7, 11) is 0. The van der Waals surface area contributed by atoms with E-state index in [1.54, 1.807) is 0 Å². The summed E-state index contributed by atoms with van der Waals surface area (Å²) in [6.07, 6.45) is 22.4. The molecule has 1 aromatic carbocycles. The second kappa shape index (κ2) is 24.5. The average molecular weight is 579 g/mol. The van der Waals surface area contributed by atoms with E-state index in [0.717, 1.165) is 88.2 Å². The third kappa shape index (κ3) is 15.6. The lowest BCUT2D eigenvalue weighted by molar-refractivity contribution is 0.141. The van der Waals surface area contributed by atoms with Gasteiger partial charge in [0.15, 0.2) is 11.5 Å². The van der Waals surface area contributed by atoms with Crippen LogP contribution in [0.2, 0.25) is 0 Å². The van der Waals surface area contributed by atoms with E-state index < -0.39 is 6.16 Å². The average Bonchev–Trinajstić information content (AvgIpc) is 2.95. The van der Waals surface area contributed by atoms with Crippen molar-refractivity contribution in [3.63, 3.8) is 0 Å². The second-order valence-electron chi connectivity index (χ2n) is 11.5. The first-order valence-corrected chi connectivity index (χ1v) is 17.1. The Morgan fingerprint density at radius 3 is 1.32 bits per heavy atom. The molecule has 0 aromatic heterocycles. The van der Waals surface area contributed by atoms with Crippen LogP contribution >= 0.6 is 0 Å². The first-order valence-electron chi connectivity index (χ1n) is 17.1. The first-order chi connectivity index (χ1) is 20.0. The summed E-state index contributed by atoms with van der Waals surface area (Å²) >= 11 is 0. The maximum Gasteiger partial charge on any atom is 0.511 e. The SMILES string of the molecule is CCCCCCCCCc1c(CCCCCCCCC)c(OCCCCC)c(OCCCCC)c(O)c1OC(=O)O. The number of ether oxygens (including phenoxy) is 3. The van der Waals surface area contributed by atoms with Crippen molar-refractivity contribution in [3.8, 4) is 23.0 Å². The van der Waals surface area contributed by atoms with Crippen molar-refractivity contribution in [1.82, 2.24) is 0 Å². The van der Waals surface area contributed by atoms with Gasteiger partial charge < -0.3 is 24.4 Å². The van der Waals surface area contributed by atoms with Gasteiger partial charge in [0.05, 0.1) is 13.2 Å². The van der Waals surface area contributed by atoms with Gasteiger partial charge in [0.2, 0.25) is 11.5 Å².